The summed E-state index contributed by atoms with van der Waals surface area (Å²) >= 11 is 1.83. The molecule has 90 valence electrons. The quantitative estimate of drug-likeness (QED) is 0.747. The molecule has 4 heteroatoms. The van der Waals surface area contributed by atoms with Crippen LogP contribution in [0.25, 0.3) is 0 Å². The van der Waals surface area contributed by atoms with E-state index in [4.69, 9.17) is 10.5 Å². The highest BCUT2D eigenvalue weighted by molar-refractivity contribution is 7.99. The first kappa shape index (κ1) is 13.3. The summed E-state index contributed by atoms with van der Waals surface area (Å²) in [6.45, 7) is 3.51. The third-order valence-electron chi connectivity index (χ3n) is 2.11. The Labute approximate surface area is 100 Å². The molecule has 0 saturated heterocycles. The molecule has 1 aromatic rings. The fraction of sp³-hybridized carbons (Fsp3) is 0.500. The minimum atomic E-state index is -0.238. The predicted octanol–water partition coefficient (Wildman–Crippen LogP) is 2.53. The zero-order valence-electron chi connectivity index (χ0n) is 9.49. The molecule has 0 aliphatic carbocycles. The van der Waals surface area contributed by atoms with Crippen molar-refractivity contribution in [1.82, 2.24) is 0 Å². The summed E-state index contributed by atoms with van der Waals surface area (Å²) in [4.78, 5) is 0. The summed E-state index contributed by atoms with van der Waals surface area (Å²) < 4.78 is 18.0. The van der Waals surface area contributed by atoms with E-state index in [9.17, 15) is 4.39 Å². The average molecular weight is 243 g/mol. The Bertz CT molecular complexity index is 292. The van der Waals surface area contributed by atoms with E-state index in [0.29, 0.717) is 18.3 Å². The highest BCUT2D eigenvalue weighted by Gasteiger charge is 1.99. The summed E-state index contributed by atoms with van der Waals surface area (Å²) in [6, 6.07) is 6.09. The molecule has 2 N–H and O–H groups in total. The Morgan fingerprint density at radius 1 is 1.38 bits per heavy atom. The minimum Gasteiger partial charge on any atom is -0.493 e. The van der Waals surface area contributed by atoms with Crippen molar-refractivity contribution in [2.45, 2.75) is 6.92 Å². The van der Waals surface area contributed by atoms with E-state index >= 15 is 0 Å². The fourth-order valence-corrected chi connectivity index (χ4v) is 2.01. The zero-order valence-corrected chi connectivity index (χ0v) is 10.3. The van der Waals surface area contributed by atoms with E-state index in [-0.39, 0.29) is 5.82 Å². The van der Waals surface area contributed by atoms with E-state index in [0.717, 1.165) is 18.1 Å². The lowest BCUT2D eigenvalue weighted by molar-refractivity contribution is 0.343. The molecule has 16 heavy (non-hydrogen) atoms. The van der Waals surface area contributed by atoms with Crippen molar-refractivity contribution in [3.63, 3.8) is 0 Å². The molecule has 0 spiro atoms. The lowest BCUT2D eigenvalue weighted by Crippen LogP contribution is -2.13. The summed E-state index contributed by atoms with van der Waals surface area (Å²) in [7, 11) is 0. The van der Waals surface area contributed by atoms with Gasteiger partial charge in [-0.25, -0.2) is 4.39 Å². The van der Waals surface area contributed by atoms with Gasteiger partial charge in [0.2, 0.25) is 0 Å². The molecule has 1 atom stereocenters. The van der Waals surface area contributed by atoms with Crippen LogP contribution in [0.15, 0.2) is 24.3 Å². The fourth-order valence-electron chi connectivity index (χ4n) is 1.10. The van der Waals surface area contributed by atoms with Crippen molar-refractivity contribution >= 4 is 11.8 Å². The summed E-state index contributed by atoms with van der Waals surface area (Å²) in [5, 5.41) is 0. The Morgan fingerprint density at radius 3 is 2.69 bits per heavy atom. The van der Waals surface area contributed by atoms with Crippen LogP contribution in [0.4, 0.5) is 4.39 Å². The number of benzene rings is 1. The lowest BCUT2D eigenvalue weighted by Gasteiger charge is -2.08. The number of rotatable bonds is 7. The second kappa shape index (κ2) is 7.52. The van der Waals surface area contributed by atoms with Gasteiger partial charge < -0.3 is 10.5 Å². The van der Waals surface area contributed by atoms with Gasteiger partial charge in [0, 0.05) is 5.75 Å². The van der Waals surface area contributed by atoms with Crippen LogP contribution in [0.2, 0.25) is 0 Å². The molecule has 2 nitrogen and oxygen atoms in total. The maximum absolute atomic E-state index is 12.6. The molecule has 1 rings (SSSR count). The van der Waals surface area contributed by atoms with E-state index in [1.807, 2.05) is 11.8 Å². The van der Waals surface area contributed by atoms with Gasteiger partial charge >= 0.3 is 0 Å². The monoisotopic (exact) mass is 243 g/mol. The standard InChI is InChI=1S/C12H18FNOS/c1-10(8-14)9-16-7-6-15-12-4-2-11(13)3-5-12/h2-5,10H,6-9,14H2,1H3. The second-order valence-electron chi connectivity index (χ2n) is 3.72. The first-order valence-electron chi connectivity index (χ1n) is 5.38. The van der Waals surface area contributed by atoms with Crippen molar-refractivity contribution in [1.29, 1.82) is 0 Å². The number of thioether (sulfide) groups is 1. The van der Waals surface area contributed by atoms with Gasteiger partial charge in [0.1, 0.15) is 11.6 Å². The molecular formula is C12H18FNOS. The second-order valence-corrected chi connectivity index (χ2v) is 4.87. The summed E-state index contributed by atoms with van der Waals surface area (Å²) in [5.74, 6) is 3.02. The van der Waals surface area contributed by atoms with Crippen molar-refractivity contribution in [2.24, 2.45) is 11.7 Å². The van der Waals surface area contributed by atoms with Crippen molar-refractivity contribution in [3.05, 3.63) is 30.1 Å². The smallest absolute Gasteiger partial charge is 0.123 e. The minimum absolute atomic E-state index is 0.238. The first-order chi connectivity index (χ1) is 7.72. The molecule has 1 aromatic carbocycles. The molecular weight excluding hydrogens is 225 g/mol. The predicted molar refractivity (Wildman–Crippen MR) is 67.4 cm³/mol. The Kier molecular flexibility index (Phi) is 6.26. The van der Waals surface area contributed by atoms with Crippen LogP contribution in [0.5, 0.6) is 5.75 Å². The van der Waals surface area contributed by atoms with Gasteiger partial charge in [-0.3, -0.25) is 0 Å². The van der Waals surface area contributed by atoms with E-state index < -0.39 is 0 Å². The molecule has 1 unspecified atom stereocenters. The Balaban J connectivity index is 2.09. The molecule has 0 aromatic heterocycles. The largest absolute Gasteiger partial charge is 0.493 e. The summed E-state index contributed by atoms with van der Waals surface area (Å²) in [5.41, 5.74) is 5.51. The van der Waals surface area contributed by atoms with Crippen LogP contribution in [0.3, 0.4) is 0 Å². The van der Waals surface area contributed by atoms with Crippen molar-refractivity contribution in [3.8, 4) is 5.75 Å². The lowest BCUT2D eigenvalue weighted by atomic mass is 10.2. The van der Waals surface area contributed by atoms with Crippen LogP contribution in [-0.4, -0.2) is 24.7 Å². The molecule has 0 aliphatic heterocycles. The maximum Gasteiger partial charge on any atom is 0.123 e. The molecule has 0 aliphatic rings. The van der Waals surface area contributed by atoms with Crippen LogP contribution in [-0.2, 0) is 0 Å². The van der Waals surface area contributed by atoms with Crippen LogP contribution >= 0.6 is 11.8 Å². The van der Waals surface area contributed by atoms with Gasteiger partial charge in [0.25, 0.3) is 0 Å². The highest BCUT2D eigenvalue weighted by atomic mass is 32.2. The number of hydrogen-bond acceptors (Lipinski definition) is 3. The van der Waals surface area contributed by atoms with Gasteiger partial charge in [-0.15, -0.1) is 0 Å². The van der Waals surface area contributed by atoms with Crippen molar-refractivity contribution < 1.29 is 9.13 Å². The van der Waals surface area contributed by atoms with E-state index in [2.05, 4.69) is 6.92 Å². The maximum atomic E-state index is 12.6. The molecule has 0 heterocycles. The van der Waals surface area contributed by atoms with Gasteiger partial charge in [-0.2, -0.15) is 11.8 Å². The van der Waals surface area contributed by atoms with Crippen LogP contribution in [0.1, 0.15) is 6.92 Å². The zero-order chi connectivity index (χ0) is 11.8. The van der Waals surface area contributed by atoms with Crippen molar-refractivity contribution in [2.75, 3.05) is 24.7 Å². The number of halogens is 1. The molecule has 0 fully saturated rings. The number of ether oxygens (including phenoxy) is 1. The Morgan fingerprint density at radius 2 is 2.06 bits per heavy atom. The molecule has 0 saturated carbocycles. The van der Waals surface area contributed by atoms with Gasteiger partial charge in [-0.1, -0.05) is 6.92 Å². The van der Waals surface area contributed by atoms with E-state index in [1.54, 1.807) is 12.1 Å². The highest BCUT2D eigenvalue weighted by Crippen LogP contribution is 2.12. The molecule has 0 amide bonds. The molecule has 0 radical (unpaired) electrons. The number of nitrogens with two attached hydrogens (primary N) is 1. The van der Waals surface area contributed by atoms with Crippen LogP contribution in [0, 0.1) is 11.7 Å². The number of hydrogen-bond donors (Lipinski definition) is 1. The SMILES string of the molecule is CC(CN)CSCCOc1ccc(F)cc1. The Hall–Kier alpha value is -0.740. The van der Waals surface area contributed by atoms with Gasteiger partial charge in [0.05, 0.1) is 6.61 Å². The average Bonchev–Trinajstić information content (AvgIpc) is 2.31. The normalized spacial score (nSPS) is 12.4. The topological polar surface area (TPSA) is 35.2 Å². The third-order valence-corrected chi connectivity index (χ3v) is 3.37. The van der Waals surface area contributed by atoms with Crippen LogP contribution < -0.4 is 10.5 Å². The van der Waals surface area contributed by atoms with E-state index in [1.165, 1.54) is 12.1 Å². The third kappa shape index (κ3) is 5.37. The van der Waals surface area contributed by atoms with Gasteiger partial charge in [0.15, 0.2) is 0 Å². The molecule has 0 bridgehead atoms. The van der Waals surface area contributed by atoms with Gasteiger partial charge in [-0.05, 0) is 42.5 Å². The summed E-state index contributed by atoms with van der Waals surface area (Å²) in [6.07, 6.45) is 0. The first-order valence-corrected chi connectivity index (χ1v) is 6.54.